The van der Waals surface area contributed by atoms with E-state index in [2.05, 4.69) is 0 Å². The highest BCUT2D eigenvalue weighted by Crippen LogP contribution is 2.39. The largest absolute Gasteiger partial charge is 0.496 e. The van der Waals surface area contributed by atoms with Gasteiger partial charge in [0, 0.05) is 16.0 Å². The molecule has 0 aliphatic carbocycles. The third-order valence-corrected chi connectivity index (χ3v) is 4.06. The molecule has 0 unspecified atom stereocenters. The van der Waals surface area contributed by atoms with Crippen LogP contribution in [0.4, 0.5) is 4.39 Å². The van der Waals surface area contributed by atoms with Crippen LogP contribution in [-0.2, 0) is 0 Å². The van der Waals surface area contributed by atoms with Crippen LogP contribution in [0, 0.1) is 5.82 Å². The maximum atomic E-state index is 14.6. The Kier molecular flexibility index (Phi) is 5.02. The highest BCUT2D eigenvalue weighted by atomic mass is 32.1. The van der Waals surface area contributed by atoms with Gasteiger partial charge in [-0.2, -0.15) is 0 Å². The van der Waals surface area contributed by atoms with E-state index in [4.69, 9.17) is 9.47 Å². The molecule has 0 aliphatic rings. The average Bonchev–Trinajstić information content (AvgIpc) is 2.98. The quantitative estimate of drug-likeness (QED) is 0.756. The monoisotopic (exact) mass is 306 g/mol. The van der Waals surface area contributed by atoms with E-state index >= 15 is 0 Å². The maximum absolute atomic E-state index is 14.6. The molecule has 0 N–H and O–H groups in total. The van der Waals surface area contributed by atoms with Crippen molar-refractivity contribution in [1.29, 1.82) is 0 Å². The zero-order valence-electron chi connectivity index (χ0n) is 12.6. The van der Waals surface area contributed by atoms with Crippen LogP contribution in [0.15, 0.2) is 23.6 Å². The molecule has 0 bridgehead atoms. The third kappa shape index (κ3) is 3.27. The lowest BCUT2D eigenvalue weighted by Crippen LogP contribution is -2.03. The fourth-order valence-electron chi connectivity index (χ4n) is 2.24. The second-order valence-corrected chi connectivity index (χ2v) is 5.91. The number of benzene rings is 1. The summed E-state index contributed by atoms with van der Waals surface area (Å²) in [6, 6.07) is 5.66. The van der Waals surface area contributed by atoms with Crippen molar-refractivity contribution < 1.29 is 13.9 Å². The first-order chi connectivity index (χ1) is 10.1. The molecule has 0 fully saturated rings. The molecule has 0 radical (unpaired) electrons. The number of halogens is 1. The van der Waals surface area contributed by atoms with Crippen molar-refractivity contribution in [3.05, 3.63) is 45.4 Å². The van der Waals surface area contributed by atoms with Gasteiger partial charge in [0.05, 0.1) is 14.2 Å². The van der Waals surface area contributed by atoms with Gasteiger partial charge in [0.1, 0.15) is 5.75 Å². The second-order valence-electron chi connectivity index (χ2n) is 4.93. The minimum absolute atomic E-state index is 0.111. The van der Waals surface area contributed by atoms with Crippen LogP contribution >= 0.6 is 11.3 Å². The van der Waals surface area contributed by atoms with Crippen LogP contribution in [0.5, 0.6) is 11.5 Å². The molecule has 0 spiro atoms. The zero-order chi connectivity index (χ0) is 15.4. The van der Waals surface area contributed by atoms with Gasteiger partial charge in [-0.15, -0.1) is 11.3 Å². The highest BCUT2D eigenvalue weighted by molar-refractivity contribution is 7.10. The van der Waals surface area contributed by atoms with Crippen LogP contribution < -0.4 is 9.47 Å². The minimum atomic E-state index is -0.352. The van der Waals surface area contributed by atoms with Crippen molar-refractivity contribution in [2.45, 2.75) is 19.8 Å². The fraction of sp³-hybridized carbons (Fsp3) is 0.294. The first-order valence-electron chi connectivity index (χ1n) is 6.74. The summed E-state index contributed by atoms with van der Waals surface area (Å²) in [5.41, 5.74) is 1.22. The van der Waals surface area contributed by atoms with E-state index in [1.165, 1.54) is 7.11 Å². The Hall–Kier alpha value is -1.81. The first kappa shape index (κ1) is 15.6. The lowest BCUT2D eigenvalue weighted by Gasteiger charge is -2.18. The molecule has 0 aliphatic heterocycles. The summed E-state index contributed by atoms with van der Waals surface area (Å²) in [4.78, 5) is 1.07. The van der Waals surface area contributed by atoms with Crippen LogP contribution in [0.3, 0.4) is 0 Å². The van der Waals surface area contributed by atoms with E-state index in [0.717, 1.165) is 10.4 Å². The predicted octanol–water partition coefficient (Wildman–Crippen LogP) is 5.20. The lowest BCUT2D eigenvalue weighted by atomic mass is 9.98. The van der Waals surface area contributed by atoms with Crippen LogP contribution in [0.25, 0.3) is 12.2 Å². The highest BCUT2D eigenvalue weighted by Gasteiger charge is 2.20. The number of hydrogen-bond acceptors (Lipinski definition) is 3. The summed E-state index contributed by atoms with van der Waals surface area (Å²) >= 11 is 1.60. The topological polar surface area (TPSA) is 18.5 Å². The van der Waals surface area contributed by atoms with Crippen LogP contribution in [0.1, 0.15) is 35.8 Å². The summed E-state index contributed by atoms with van der Waals surface area (Å²) in [5, 5.41) is 1.99. The van der Waals surface area contributed by atoms with Gasteiger partial charge >= 0.3 is 0 Å². The van der Waals surface area contributed by atoms with Gasteiger partial charge in [0.25, 0.3) is 0 Å². The fourth-order valence-corrected chi connectivity index (χ4v) is 2.86. The molecule has 1 heterocycles. The molecule has 2 nitrogen and oxygen atoms in total. The summed E-state index contributed by atoms with van der Waals surface area (Å²) in [5.74, 6) is 0.666. The van der Waals surface area contributed by atoms with E-state index < -0.39 is 0 Å². The smallest absolute Gasteiger partial charge is 0.172 e. The molecule has 21 heavy (non-hydrogen) atoms. The Morgan fingerprint density at radius 2 is 1.95 bits per heavy atom. The third-order valence-electron chi connectivity index (χ3n) is 3.22. The number of rotatable bonds is 5. The van der Waals surface area contributed by atoms with Gasteiger partial charge in [-0.1, -0.05) is 26.0 Å². The molecular weight excluding hydrogens is 287 g/mol. The number of hydrogen-bond donors (Lipinski definition) is 0. The van der Waals surface area contributed by atoms with Gasteiger partial charge in [0.2, 0.25) is 0 Å². The van der Waals surface area contributed by atoms with Gasteiger partial charge in [-0.05, 0) is 29.5 Å². The van der Waals surface area contributed by atoms with Crippen LogP contribution in [-0.4, -0.2) is 14.2 Å². The van der Waals surface area contributed by atoms with E-state index in [0.29, 0.717) is 11.3 Å². The minimum Gasteiger partial charge on any atom is -0.496 e. The molecule has 0 amide bonds. The molecule has 2 aromatic rings. The second kappa shape index (κ2) is 6.76. The molecule has 0 atom stereocenters. The molecular formula is C17H19FO2S. The van der Waals surface area contributed by atoms with Gasteiger partial charge in [0.15, 0.2) is 11.6 Å². The summed E-state index contributed by atoms with van der Waals surface area (Å²) in [6.45, 7) is 3.97. The molecule has 4 heteroatoms. The van der Waals surface area contributed by atoms with E-state index in [-0.39, 0.29) is 17.5 Å². The number of thiophene rings is 1. The Labute approximate surface area is 128 Å². The SMILES string of the molecule is COc1cc(/C=C/c2cccs2)c(F)c(OC)c1C(C)C. The molecule has 1 aromatic carbocycles. The van der Waals surface area contributed by atoms with E-state index in [1.54, 1.807) is 30.6 Å². The lowest BCUT2D eigenvalue weighted by molar-refractivity contribution is 0.362. The van der Waals surface area contributed by atoms with Gasteiger partial charge in [-0.3, -0.25) is 0 Å². The summed E-state index contributed by atoms with van der Waals surface area (Å²) in [6.07, 6.45) is 3.63. The van der Waals surface area contributed by atoms with Crippen molar-refractivity contribution in [3.8, 4) is 11.5 Å². The average molecular weight is 306 g/mol. The van der Waals surface area contributed by atoms with Crippen LogP contribution in [0.2, 0.25) is 0 Å². The van der Waals surface area contributed by atoms with Crippen molar-refractivity contribution in [1.82, 2.24) is 0 Å². The Morgan fingerprint density at radius 3 is 2.48 bits per heavy atom. The van der Waals surface area contributed by atoms with Crippen molar-refractivity contribution in [2.75, 3.05) is 14.2 Å². The predicted molar refractivity (Wildman–Crippen MR) is 86.8 cm³/mol. The normalized spacial score (nSPS) is 11.3. The molecule has 0 saturated carbocycles. The number of ether oxygens (including phenoxy) is 2. The van der Waals surface area contributed by atoms with Gasteiger partial charge < -0.3 is 9.47 Å². The molecule has 1 aromatic heterocycles. The standard InChI is InChI=1S/C17H19FO2S/c1-11(2)15-14(19-3)10-12(16(18)17(15)20-4)7-8-13-6-5-9-21-13/h5-11H,1-4H3/b8-7+. The molecule has 112 valence electrons. The maximum Gasteiger partial charge on any atom is 0.172 e. The van der Waals surface area contributed by atoms with E-state index in [9.17, 15) is 4.39 Å². The van der Waals surface area contributed by atoms with Gasteiger partial charge in [-0.25, -0.2) is 4.39 Å². The Bertz CT molecular complexity index is 631. The van der Waals surface area contributed by atoms with Crippen molar-refractivity contribution in [3.63, 3.8) is 0 Å². The van der Waals surface area contributed by atoms with Crippen molar-refractivity contribution >= 4 is 23.5 Å². The Balaban J connectivity index is 2.52. The Morgan fingerprint density at radius 1 is 1.19 bits per heavy atom. The summed E-state index contributed by atoms with van der Waals surface area (Å²) in [7, 11) is 3.07. The summed E-state index contributed by atoms with van der Waals surface area (Å²) < 4.78 is 25.3. The first-order valence-corrected chi connectivity index (χ1v) is 7.62. The van der Waals surface area contributed by atoms with Crippen molar-refractivity contribution in [2.24, 2.45) is 0 Å². The molecule has 2 rings (SSSR count). The molecule has 0 saturated heterocycles. The number of methoxy groups -OCH3 is 2. The zero-order valence-corrected chi connectivity index (χ0v) is 13.5. The van der Waals surface area contributed by atoms with E-state index in [1.807, 2.05) is 37.4 Å².